The molecule has 0 aromatic heterocycles. The van der Waals surface area contributed by atoms with Gasteiger partial charge in [0.2, 0.25) is 0 Å². The van der Waals surface area contributed by atoms with Crippen LogP contribution >= 0.6 is 11.6 Å². The molecule has 1 saturated carbocycles. The molecule has 0 spiro atoms. The van der Waals surface area contributed by atoms with E-state index in [0.29, 0.717) is 25.5 Å². The van der Waals surface area contributed by atoms with Gasteiger partial charge in [0, 0.05) is 31.6 Å². The first-order chi connectivity index (χ1) is 7.16. The molecule has 6 heteroatoms. The summed E-state index contributed by atoms with van der Waals surface area (Å²) in [7, 11) is -3.22. The molecule has 88 valence electrons. The molecule has 2 aliphatic rings. The maximum absolute atomic E-state index is 12.2. The maximum atomic E-state index is 12.2. The first-order valence-corrected chi connectivity index (χ1v) is 7.42. The highest BCUT2D eigenvalue weighted by Crippen LogP contribution is 2.31. The summed E-state index contributed by atoms with van der Waals surface area (Å²) in [5.41, 5.74) is 0. The van der Waals surface area contributed by atoms with E-state index in [1.54, 1.807) is 8.61 Å². The minimum atomic E-state index is -3.22. The second-order valence-corrected chi connectivity index (χ2v) is 6.40. The summed E-state index contributed by atoms with van der Waals surface area (Å²) < 4.78 is 27.6. The molecule has 2 fully saturated rings. The molecule has 15 heavy (non-hydrogen) atoms. The lowest BCUT2D eigenvalue weighted by Crippen LogP contribution is -2.44. The van der Waals surface area contributed by atoms with E-state index in [-0.39, 0.29) is 6.04 Å². The van der Waals surface area contributed by atoms with E-state index in [2.05, 4.69) is 0 Å². The Morgan fingerprint density at radius 1 is 1.27 bits per heavy atom. The predicted molar refractivity (Wildman–Crippen MR) is 60.2 cm³/mol. The fraction of sp³-hybridized carbons (Fsp3) is 1.00. The van der Waals surface area contributed by atoms with Crippen LogP contribution in [0.2, 0.25) is 0 Å². The molecule has 0 unspecified atom stereocenters. The molecule has 0 bridgehead atoms. The van der Waals surface area contributed by atoms with Gasteiger partial charge >= 0.3 is 0 Å². The molecule has 0 N–H and O–H groups in total. The van der Waals surface area contributed by atoms with Crippen LogP contribution in [-0.4, -0.2) is 48.6 Å². The first kappa shape index (κ1) is 11.6. The van der Waals surface area contributed by atoms with E-state index < -0.39 is 10.2 Å². The largest absolute Gasteiger partial charge is 0.282 e. The Kier molecular flexibility index (Phi) is 3.55. The van der Waals surface area contributed by atoms with Gasteiger partial charge in [-0.1, -0.05) is 0 Å². The Labute approximate surface area is 96.4 Å². The first-order valence-electron chi connectivity index (χ1n) is 5.49. The van der Waals surface area contributed by atoms with Crippen LogP contribution in [0.25, 0.3) is 0 Å². The van der Waals surface area contributed by atoms with Crippen LogP contribution in [0.3, 0.4) is 0 Å². The van der Waals surface area contributed by atoms with Crippen molar-refractivity contribution in [1.82, 2.24) is 8.61 Å². The van der Waals surface area contributed by atoms with Gasteiger partial charge < -0.3 is 0 Å². The summed E-state index contributed by atoms with van der Waals surface area (Å²) in [5.74, 6) is 0.379. The van der Waals surface area contributed by atoms with Crippen molar-refractivity contribution in [2.75, 3.05) is 25.5 Å². The molecule has 1 aliphatic heterocycles. The molecule has 0 atom stereocenters. The third-order valence-corrected chi connectivity index (χ3v) is 5.21. The summed E-state index contributed by atoms with van der Waals surface area (Å²) in [6, 6.07) is 0.217. The number of halogens is 1. The zero-order valence-electron chi connectivity index (χ0n) is 8.73. The van der Waals surface area contributed by atoms with Crippen LogP contribution in [-0.2, 0) is 10.2 Å². The van der Waals surface area contributed by atoms with Crippen molar-refractivity contribution in [2.45, 2.75) is 31.7 Å². The van der Waals surface area contributed by atoms with Gasteiger partial charge in [0.15, 0.2) is 0 Å². The highest BCUT2D eigenvalue weighted by Gasteiger charge is 2.40. The summed E-state index contributed by atoms with van der Waals surface area (Å²) in [6.45, 7) is 1.80. The molecule has 0 aromatic carbocycles. The Morgan fingerprint density at radius 2 is 1.87 bits per heavy atom. The van der Waals surface area contributed by atoms with E-state index in [0.717, 1.165) is 25.7 Å². The van der Waals surface area contributed by atoms with Crippen molar-refractivity contribution < 1.29 is 8.42 Å². The lowest BCUT2D eigenvalue weighted by atomic mass is 10.4. The minimum absolute atomic E-state index is 0.217. The Hall–Kier alpha value is 0.160. The third-order valence-electron chi connectivity index (χ3n) is 2.95. The lowest BCUT2D eigenvalue weighted by Gasteiger charge is -2.26. The fourth-order valence-electron chi connectivity index (χ4n) is 2.00. The van der Waals surface area contributed by atoms with Gasteiger partial charge in [-0.15, -0.1) is 11.6 Å². The third kappa shape index (κ3) is 2.46. The Morgan fingerprint density at radius 3 is 2.33 bits per heavy atom. The molecule has 1 heterocycles. The number of hydrogen-bond acceptors (Lipinski definition) is 2. The second kappa shape index (κ2) is 4.57. The van der Waals surface area contributed by atoms with Crippen molar-refractivity contribution in [3.05, 3.63) is 0 Å². The summed E-state index contributed by atoms with van der Waals surface area (Å²) >= 11 is 5.66. The van der Waals surface area contributed by atoms with Crippen LogP contribution in [0, 0.1) is 0 Å². The van der Waals surface area contributed by atoms with Crippen LogP contribution in [0.4, 0.5) is 0 Å². The molecular formula is C9H17ClN2O2S. The molecular weight excluding hydrogens is 236 g/mol. The van der Waals surface area contributed by atoms with Crippen LogP contribution in [0.1, 0.15) is 25.7 Å². The SMILES string of the molecule is O=S(=O)(N1CCCC1)N(CCCl)C1CC1. The average Bonchev–Trinajstić information content (AvgIpc) is 2.86. The maximum Gasteiger partial charge on any atom is 0.282 e. The zero-order chi connectivity index (χ0) is 10.9. The Balaban J connectivity index is 2.09. The quantitative estimate of drug-likeness (QED) is 0.686. The average molecular weight is 253 g/mol. The van der Waals surface area contributed by atoms with Gasteiger partial charge in [-0.3, -0.25) is 0 Å². The standard InChI is InChI=1S/C9H17ClN2O2S/c10-5-8-12(9-3-4-9)15(13,14)11-6-1-2-7-11/h9H,1-8H2. The molecule has 1 aliphatic carbocycles. The number of alkyl halides is 1. The fourth-order valence-corrected chi connectivity index (χ4v) is 4.21. The molecule has 0 radical (unpaired) electrons. The van der Waals surface area contributed by atoms with Crippen LogP contribution in [0.15, 0.2) is 0 Å². The number of hydrogen-bond donors (Lipinski definition) is 0. The predicted octanol–water partition coefficient (Wildman–Crippen LogP) is 1.03. The topological polar surface area (TPSA) is 40.6 Å². The van der Waals surface area contributed by atoms with Crippen molar-refractivity contribution in [3.8, 4) is 0 Å². The van der Waals surface area contributed by atoms with Gasteiger partial charge in [-0.25, -0.2) is 0 Å². The Bertz CT molecular complexity index is 310. The smallest absolute Gasteiger partial charge is 0.195 e. The van der Waals surface area contributed by atoms with Gasteiger partial charge in [-0.2, -0.15) is 17.0 Å². The van der Waals surface area contributed by atoms with E-state index in [4.69, 9.17) is 11.6 Å². The van der Waals surface area contributed by atoms with E-state index in [9.17, 15) is 8.42 Å². The van der Waals surface area contributed by atoms with Crippen molar-refractivity contribution in [2.24, 2.45) is 0 Å². The zero-order valence-corrected chi connectivity index (χ0v) is 10.3. The van der Waals surface area contributed by atoms with Gasteiger partial charge in [0.05, 0.1) is 0 Å². The highest BCUT2D eigenvalue weighted by molar-refractivity contribution is 7.86. The second-order valence-electron chi connectivity index (χ2n) is 4.14. The van der Waals surface area contributed by atoms with Crippen LogP contribution in [0.5, 0.6) is 0 Å². The van der Waals surface area contributed by atoms with E-state index in [1.165, 1.54) is 0 Å². The molecule has 4 nitrogen and oxygen atoms in total. The van der Waals surface area contributed by atoms with Gasteiger partial charge in [-0.05, 0) is 25.7 Å². The monoisotopic (exact) mass is 252 g/mol. The minimum Gasteiger partial charge on any atom is -0.195 e. The van der Waals surface area contributed by atoms with Crippen molar-refractivity contribution in [1.29, 1.82) is 0 Å². The molecule has 2 rings (SSSR count). The molecule has 0 aromatic rings. The van der Waals surface area contributed by atoms with E-state index in [1.807, 2.05) is 0 Å². The van der Waals surface area contributed by atoms with E-state index >= 15 is 0 Å². The summed E-state index contributed by atoms with van der Waals surface area (Å²) in [5, 5.41) is 0. The normalized spacial score (nSPS) is 23.9. The highest BCUT2D eigenvalue weighted by atomic mass is 35.5. The molecule has 0 amide bonds. The van der Waals surface area contributed by atoms with Gasteiger partial charge in [0.25, 0.3) is 10.2 Å². The van der Waals surface area contributed by atoms with Crippen molar-refractivity contribution in [3.63, 3.8) is 0 Å². The lowest BCUT2D eigenvalue weighted by molar-refractivity contribution is 0.365. The molecule has 1 saturated heterocycles. The number of rotatable bonds is 5. The number of nitrogens with zero attached hydrogens (tertiary/aromatic N) is 2. The summed E-state index contributed by atoms with van der Waals surface area (Å²) in [4.78, 5) is 0. The van der Waals surface area contributed by atoms with Gasteiger partial charge in [0.1, 0.15) is 0 Å². The summed E-state index contributed by atoms with van der Waals surface area (Å²) in [6.07, 6.45) is 3.95. The van der Waals surface area contributed by atoms with Crippen LogP contribution < -0.4 is 0 Å². The van der Waals surface area contributed by atoms with Crippen molar-refractivity contribution >= 4 is 21.8 Å².